The first-order valence-corrected chi connectivity index (χ1v) is 12.0. The van der Waals surface area contributed by atoms with E-state index in [1.54, 1.807) is 11.3 Å². The van der Waals surface area contributed by atoms with Crippen molar-refractivity contribution in [2.45, 2.75) is 0 Å². The van der Waals surface area contributed by atoms with E-state index in [9.17, 15) is 0 Å². The molecule has 0 bridgehead atoms. The predicted octanol–water partition coefficient (Wildman–Crippen LogP) is 8.61. The fourth-order valence-corrected chi connectivity index (χ4v) is 5.84. The van der Waals surface area contributed by atoms with Gasteiger partial charge in [-0.05, 0) is 23.8 Å². The average molecular weight is 493 g/mol. The van der Waals surface area contributed by atoms with Crippen LogP contribution in [0.1, 0.15) is 0 Å². The average Bonchev–Trinajstić information content (AvgIpc) is 3.24. The van der Waals surface area contributed by atoms with Crippen molar-refractivity contribution in [3.8, 4) is 33.8 Å². The lowest BCUT2D eigenvalue weighted by Crippen LogP contribution is -1.96. The summed E-state index contributed by atoms with van der Waals surface area (Å²) in [6.45, 7) is 0. The summed E-state index contributed by atoms with van der Waals surface area (Å²) in [7, 11) is 0. The van der Waals surface area contributed by atoms with Crippen LogP contribution in [0.15, 0.2) is 108 Å². The molecule has 152 valence electrons. The molecule has 0 N–H and O–H groups in total. The molecule has 0 spiro atoms. The monoisotopic (exact) mass is 492 g/mol. The van der Waals surface area contributed by atoms with Gasteiger partial charge in [0.2, 0.25) is 0 Å². The molecule has 0 fully saturated rings. The van der Waals surface area contributed by atoms with Gasteiger partial charge in [-0.3, -0.25) is 0 Å². The fourth-order valence-electron chi connectivity index (χ4n) is 4.13. The van der Waals surface area contributed by atoms with Crippen molar-refractivity contribution >= 4 is 47.4 Å². The van der Waals surface area contributed by atoms with Crippen molar-refractivity contribution < 1.29 is 0 Å². The van der Waals surface area contributed by atoms with Gasteiger partial charge in [-0.1, -0.05) is 94.8 Å². The van der Waals surface area contributed by atoms with Crippen LogP contribution in [-0.4, -0.2) is 9.97 Å². The largest absolute Gasteiger partial charge is 0.236 e. The highest BCUT2D eigenvalue weighted by Crippen LogP contribution is 2.40. The van der Waals surface area contributed by atoms with Crippen LogP contribution >= 0.6 is 27.3 Å². The van der Waals surface area contributed by atoms with Gasteiger partial charge in [0.25, 0.3) is 0 Å². The van der Waals surface area contributed by atoms with Crippen LogP contribution in [0.25, 0.3) is 53.9 Å². The Hall–Kier alpha value is -3.34. The van der Waals surface area contributed by atoms with Gasteiger partial charge in [0, 0.05) is 47.5 Å². The van der Waals surface area contributed by atoms with E-state index in [1.165, 1.54) is 20.2 Å². The number of benzene rings is 4. The minimum absolute atomic E-state index is 0.747. The molecule has 32 heavy (non-hydrogen) atoms. The summed E-state index contributed by atoms with van der Waals surface area (Å²) < 4.78 is 3.53. The van der Waals surface area contributed by atoms with E-state index in [0.29, 0.717) is 0 Å². The molecule has 0 radical (unpaired) electrons. The number of aromatic nitrogens is 2. The Morgan fingerprint density at radius 3 is 2.22 bits per heavy atom. The topological polar surface area (TPSA) is 25.8 Å². The van der Waals surface area contributed by atoms with E-state index in [1.807, 2.05) is 36.5 Å². The van der Waals surface area contributed by atoms with Crippen molar-refractivity contribution in [1.82, 2.24) is 9.97 Å². The summed E-state index contributed by atoms with van der Waals surface area (Å²) in [5.41, 5.74) is 5.17. The zero-order valence-electron chi connectivity index (χ0n) is 17.0. The smallest absolute Gasteiger partial charge is 0.161 e. The molecule has 0 amide bonds. The molecule has 0 aliphatic carbocycles. The predicted molar refractivity (Wildman–Crippen MR) is 139 cm³/mol. The van der Waals surface area contributed by atoms with E-state index in [2.05, 4.69) is 82.7 Å². The van der Waals surface area contributed by atoms with E-state index in [4.69, 9.17) is 9.97 Å². The standard InChI is InChI=1S/C28H17BrN2S/c29-24-15-6-4-11-19(24)23-17-30-28(31-26(23)18-9-2-1-3-10-18)22-14-8-13-21-20-12-5-7-16-25(20)32-27(21)22/h1-17H. The minimum atomic E-state index is 0.747. The van der Waals surface area contributed by atoms with E-state index >= 15 is 0 Å². The Labute approximate surface area is 198 Å². The molecule has 2 heterocycles. The maximum absolute atomic E-state index is 5.13. The molecule has 4 aromatic carbocycles. The maximum Gasteiger partial charge on any atom is 0.161 e. The third-order valence-electron chi connectivity index (χ3n) is 5.65. The third kappa shape index (κ3) is 3.24. The van der Waals surface area contributed by atoms with Crippen LogP contribution in [0.5, 0.6) is 0 Å². The SMILES string of the molecule is Brc1ccccc1-c1cnc(-c2cccc3c2sc2ccccc23)nc1-c1ccccc1. The van der Waals surface area contributed by atoms with Gasteiger partial charge in [-0.15, -0.1) is 11.3 Å². The molecule has 2 nitrogen and oxygen atoms in total. The molecule has 4 heteroatoms. The molecule has 6 rings (SSSR count). The van der Waals surface area contributed by atoms with E-state index < -0.39 is 0 Å². The van der Waals surface area contributed by atoms with Gasteiger partial charge in [0.1, 0.15) is 0 Å². The van der Waals surface area contributed by atoms with Crippen molar-refractivity contribution in [2.75, 3.05) is 0 Å². The fraction of sp³-hybridized carbons (Fsp3) is 0. The number of thiophene rings is 1. The Morgan fingerprint density at radius 2 is 1.34 bits per heavy atom. The molecule has 0 saturated heterocycles. The number of fused-ring (bicyclic) bond motifs is 3. The number of hydrogen-bond donors (Lipinski definition) is 0. The van der Waals surface area contributed by atoms with E-state index in [-0.39, 0.29) is 0 Å². The van der Waals surface area contributed by atoms with Crippen molar-refractivity contribution in [3.05, 3.63) is 108 Å². The quantitative estimate of drug-likeness (QED) is 0.247. The molecule has 6 aromatic rings. The van der Waals surface area contributed by atoms with Gasteiger partial charge in [-0.2, -0.15) is 0 Å². The summed E-state index contributed by atoms with van der Waals surface area (Å²) in [5, 5.41) is 2.53. The zero-order chi connectivity index (χ0) is 21.5. The summed E-state index contributed by atoms with van der Waals surface area (Å²) >= 11 is 5.50. The molecule has 2 aromatic heterocycles. The second-order valence-electron chi connectivity index (χ2n) is 7.58. The lowest BCUT2D eigenvalue weighted by Gasteiger charge is -2.12. The highest BCUT2D eigenvalue weighted by Gasteiger charge is 2.17. The van der Waals surface area contributed by atoms with Crippen molar-refractivity contribution in [2.24, 2.45) is 0 Å². The van der Waals surface area contributed by atoms with Gasteiger partial charge in [-0.25, -0.2) is 9.97 Å². The van der Waals surface area contributed by atoms with Crippen LogP contribution in [-0.2, 0) is 0 Å². The summed E-state index contributed by atoms with van der Waals surface area (Å²) in [4.78, 5) is 9.97. The lowest BCUT2D eigenvalue weighted by molar-refractivity contribution is 1.19. The molecule has 0 saturated carbocycles. The van der Waals surface area contributed by atoms with Crippen LogP contribution in [0.3, 0.4) is 0 Å². The normalized spacial score (nSPS) is 11.3. The number of halogens is 1. The highest BCUT2D eigenvalue weighted by atomic mass is 79.9. The molecule has 0 atom stereocenters. The molecular weight excluding hydrogens is 476 g/mol. The van der Waals surface area contributed by atoms with Crippen molar-refractivity contribution in [1.29, 1.82) is 0 Å². The first kappa shape index (κ1) is 19.4. The third-order valence-corrected chi connectivity index (χ3v) is 7.56. The first-order valence-electron chi connectivity index (χ1n) is 10.4. The summed E-state index contributed by atoms with van der Waals surface area (Å²) in [6.07, 6.45) is 1.96. The maximum atomic E-state index is 5.13. The van der Waals surface area contributed by atoms with Crippen LogP contribution < -0.4 is 0 Å². The van der Waals surface area contributed by atoms with Gasteiger partial charge in [0.15, 0.2) is 5.82 Å². The van der Waals surface area contributed by atoms with Gasteiger partial charge < -0.3 is 0 Å². The van der Waals surface area contributed by atoms with Crippen LogP contribution in [0.2, 0.25) is 0 Å². The summed E-state index contributed by atoms with van der Waals surface area (Å²) in [5.74, 6) is 0.747. The van der Waals surface area contributed by atoms with Crippen LogP contribution in [0.4, 0.5) is 0 Å². The second kappa shape index (κ2) is 7.97. The van der Waals surface area contributed by atoms with Crippen LogP contribution in [0, 0.1) is 0 Å². The molecule has 0 unspecified atom stereocenters. The Balaban J connectivity index is 1.62. The molecule has 0 aliphatic rings. The van der Waals surface area contributed by atoms with Gasteiger partial charge >= 0.3 is 0 Å². The Kier molecular flexibility index (Phi) is 4.82. The summed E-state index contributed by atoms with van der Waals surface area (Å²) in [6, 6.07) is 33.5. The zero-order valence-corrected chi connectivity index (χ0v) is 19.4. The Bertz CT molecular complexity index is 1590. The van der Waals surface area contributed by atoms with Gasteiger partial charge in [0.05, 0.1) is 5.69 Å². The number of hydrogen-bond acceptors (Lipinski definition) is 3. The molecular formula is C28H17BrN2S. The van der Waals surface area contributed by atoms with Crippen molar-refractivity contribution in [3.63, 3.8) is 0 Å². The first-order chi connectivity index (χ1) is 15.8. The number of nitrogens with zero attached hydrogens (tertiary/aromatic N) is 2. The number of rotatable bonds is 3. The van der Waals surface area contributed by atoms with E-state index in [0.717, 1.165) is 38.2 Å². The lowest BCUT2D eigenvalue weighted by atomic mass is 10.0. The highest BCUT2D eigenvalue weighted by molar-refractivity contribution is 9.10. The Morgan fingerprint density at radius 1 is 0.625 bits per heavy atom. The molecule has 0 aliphatic heterocycles. The second-order valence-corrected chi connectivity index (χ2v) is 9.49. The minimum Gasteiger partial charge on any atom is -0.236 e.